The van der Waals surface area contributed by atoms with E-state index >= 15 is 0 Å². The highest BCUT2D eigenvalue weighted by Gasteiger charge is 2.15. The van der Waals surface area contributed by atoms with Crippen LogP contribution in [-0.2, 0) is 23.0 Å². The van der Waals surface area contributed by atoms with Crippen LogP contribution in [0, 0.1) is 6.92 Å². The van der Waals surface area contributed by atoms with Gasteiger partial charge in [-0.15, -0.1) is 0 Å². The molecule has 0 unspecified atom stereocenters. The Labute approximate surface area is 148 Å². The van der Waals surface area contributed by atoms with Gasteiger partial charge in [-0.05, 0) is 36.6 Å². The van der Waals surface area contributed by atoms with E-state index < -0.39 is 10.0 Å². The summed E-state index contributed by atoms with van der Waals surface area (Å²) < 4.78 is 29.1. The van der Waals surface area contributed by atoms with E-state index in [1.165, 1.54) is 5.56 Å². The molecule has 2 aromatic carbocycles. The average Bonchev–Trinajstić information content (AvgIpc) is 3.03. The van der Waals surface area contributed by atoms with Crippen LogP contribution in [0.1, 0.15) is 23.6 Å². The van der Waals surface area contributed by atoms with Crippen molar-refractivity contribution >= 4 is 15.8 Å². The van der Waals surface area contributed by atoms with Crippen molar-refractivity contribution in [2.24, 2.45) is 0 Å². The fourth-order valence-electron chi connectivity index (χ4n) is 2.49. The SMILES string of the molecule is CCc1ccc(S(=O)(=O)Nc2ccn(Cc3ccc(C)cc3)n2)cc1. The fraction of sp³-hybridized carbons (Fsp3) is 0.211. The zero-order valence-electron chi connectivity index (χ0n) is 14.3. The number of hydrogen-bond donors (Lipinski definition) is 1. The van der Waals surface area contributed by atoms with Gasteiger partial charge in [0.15, 0.2) is 5.82 Å². The van der Waals surface area contributed by atoms with Gasteiger partial charge in [0.1, 0.15) is 0 Å². The second-order valence-electron chi connectivity index (χ2n) is 5.99. The fourth-order valence-corrected chi connectivity index (χ4v) is 3.48. The Kier molecular flexibility index (Phi) is 4.90. The lowest BCUT2D eigenvalue weighted by molar-refractivity contribution is 0.600. The Morgan fingerprint density at radius 1 is 0.960 bits per heavy atom. The molecule has 0 spiro atoms. The molecule has 0 bridgehead atoms. The van der Waals surface area contributed by atoms with Gasteiger partial charge in [-0.2, -0.15) is 5.10 Å². The van der Waals surface area contributed by atoms with Crippen LogP contribution < -0.4 is 4.72 Å². The molecule has 130 valence electrons. The number of aryl methyl sites for hydroxylation is 2. The molecule has 0 fully saturated rings. The Morgan fingerprint density at radius 3 is 2.24 bits per heavy atom. The topological polar surface area (TPSA) is 64.0 Å². The van der Waals surface area contributed by atoms with Crippen molar-refractivity contribution in [3.63, 3.8) is 0 Å². The summed E-state index contributed by atoms with van der Waals surface area (Å²) in [5.74, 6) is 0.312. The van der Waals surface area contributed by atoms with E-state index in [-0.39, 0.29) is 4.90 Å². The summed E-state index contributed by atoms with van der Waals surface area (Å²) in [7, 11) is -3.63. The minimum absolute atomic E-state index is 0.234. The Bertz CT molecular complexity index is 943. The van der Waals surface area contributed by atoms with Gasteiger partial charge in [0.05, 0.1) is 11.4 Å². The highest BCUT2D eigenvalue weighted by Crippen LogP contribution is 2.16. The van der Waals surface area contributed by atoms with E-state index in [2.05, 4.69) is 9.82 Å². The molecule has 0 aliphatic heterocycles. The molecule has 3 aromatic rings. The molecule has 0 aliphatic rings. The molecule has 0 saturated heterocycles. The van der Waals surface area contributed by atoms with Crippen molar-refractivity contribution in [3.8, 4) is 0 Å². The number of aromatic nitrogens is 2. The third-order valence-electron chi connectivity index (χ3n) is 3.99. The van der Waals surface area contributed by atoms with Crippen LogP contribution in [0.5, 0.6) is 0 Å². The van der Waals surface area contributed by atoms with E-state index in [1.807, 2.05) is 50.2 Å². The van der Waals surface area contributed by atoms with Gasteiger partial charge in [-0.1, -0.05) is 48.9 Å². The average molecular weight is 355 g/mol. The first kappa shape index (κ1) is 17.2. The van der Waals surface area contributed by atoms with Crippen molar-refractivity contribution in [2.45, 2.75) is 31.7 Å². The third kappa shape index (κ3) is 4.28. The maximum atomic E-state index is 12.4. The minimum Gasteiger partial charge on any atom is -0.266 e. The molecule has 1 aromatic heterocycles. The molecule has 0 atom stereocenters. The third-order valence-corrected chi connectivity index (χ3v) is 5.36. The van der Waals surface area contributed by atoms with Gasteiger partial charge in [-0.25, -0.2) is 8.42 Å². The molecule has 0 amide bonds. The minimum atomic E-state index is -3.63. The van der Waals surface area contributed by atoms with Crippen LogP contribution in [0.25, 0.3) is 0 Å². The summed E-state index contributed by atoms with van der Waals surface area (Å²) in [6.07, 6.45) is 2.63. The molecule has 1 heterocycles. The number of nitrogens with one attached hydrogen (secondary N) is 1. The lowest BCUT2D eigenvalue weighted by Crippen LogP contribution is -2.13. The molecular weight excluding hydrogens is 334 g/mol. The predicted octanol–water partition coefficient (Wildman–Crippen LogP) is 3.60. The van der Waals surface area contributed by atoms with Crippen LogP contribution in [0.2, 0.25) is 0 Å². The van der Waals surface area contributed by atoms with Gasteiger partial charge >= 0.3 is 0 Å². The number of sulfonamides is 1. The van der Waals surface area contributed by atoms with Gasteiger partial charge in [-0.3, -0.25) is 9.40 Å². The van der Waals surface area contributed by atoms with Gasteiger partial charge in [0.25, 0.3) is 10.0 Å². The maximum Gasteiger partial charge on any atom is 0.263 e. The summed E-state index contributed by atoms with van der Waals surface area (Å²) in [5, 5.41) is 4.30. The molecule has 1 N–H and O–H groups in total. The maximum absolute atomic E-state index is 12.4. The Morgan fingerprint density at radius 2 is 1.60 bits per heavy atom. The monoisotopic (exact) mass is 355 g/mol. The van der Waals surface area contributed by atoms with E-state index in [9.17, 15) is 8.42 Å². The molecule has 0 aliphatic carbocycles. The summed E-state index contributed by atoms with van der Waals surface area (Å²) >= 11 is 0. The van der Waals surface area contributed by atoms with E-state index in [0.717, 1.165) is 17.5 Å². The predicted molar refractivity (Wildman–Crippen MR) is 99.1 cm³/mol. The highest BCUT2D eigenvalue weighted by molar-refractivity contribution is 7.92. The second-order valence-corrected chi connectivity index (χ2v) is 7.67. The number of benzene rings is 2. The molecule has 0 saturated carbocycles. The van der Waals surface area contributed by atoms with Crippen molar-refractivity contribution in [1.29, 1.82) is 0 Å². The van der Waals surface area contributed by atoms with Crippen molar-refractivity contribution in [3.05, 3.63) is 77.5 Å². The number of rotatable bonds is 6. The first-order valence-corrected chi connectivity index (χ1v) is 9.65. The first-order valence-electron chi connectivity index (χ1n) is 8.17. The second kappa shape index (κ2) is 7.11. The largest absolute Gasteiger partial charge is 0.266 e. The van der Waals surface area contributed by atoms with Crippen LogP contribution in [0.3, 0.4) is 0 Å². The zero-order chi connectivity index (χ0) is 17.9. The van der Waals surface area contributed by atoms with Crippen LogP contribution in [0.4, 0.5) is 5.82 Å². The van der Waals surface area contributed by atoms with Crippen LogP contribution in [-0.4, -0.2) is 18.2 Å². The van der Waals surface area contributed by atoms with Crippen LogP contribution in [0.15, 0.2) is 65.7 Å². The molecule has 25 heavy (non-hydrogen) atoms. The summed E-state index contributed by atoms with van der Waals surface area (Å²) in [6, 6.07) is 16.7. The smallest absolute Gasteiger partial charge is 0.263 e. The molecule has 6 heteroatoms. The van der Waals surface area contributed by atoms with Gasteiger partial charge in [0.2, 0.25) is 0 Å². The number of nitrogens with zero attached hydrogens (tertiary/aromatic N) is 2. The van der Waals surface area contributed by atoms with E-state index in [4.69, 9.17) is 0 Å². The van der Waals surface area contributed by atoms with Gasteiger partial charge < -0.3 is 0 Å². The quantitative estimate of drug-likeness (QED) is 0.735. The molecule has 0 radical (unpaired) electrons. The van der Waals surface area contributed by atoms with Crippen LogP contribution >= 0.6 is 0 Å². The zero-order valence-corrected chi connectivity index (χ0v) is 15.1. The molecular formula is C19H21N3O2S. The van der Waals surface area contributed by atoms with E-state index in [1.54, 1.807) is 29.1 Å². The van der Waals surface area contributed by atoms with Gasteiger partial charge in [0, 0.05) is 12.3 Å². The lowest BCUT2D eigenvalue weighted by Gasteiger charge is -2.06. The van der Waals surface area contributed by atoms with Crippen molar-refractivity contribution in [2.75, 3.05) is 4.72 Å². The molecule has 5 nitrogen and oxygen atoms in total. The van der Waals surface area contributed by atoms with E-state index in [0.29, 0.717) is 12.4 Å². The lowest BCUT2D eigenvalue weighted by atomic mass is 10.1. The standard InChI is InChI=1S/C19H21N3O2S/c1-3-16-8-10-18(11-9-16)25(23,24)21-19-12-13-22(20-19)14-17-6-4-15(2)5-7-17/h4-13H,3,14H2,1-2H3,(H,20,21). The number of anilines is 1. The summed E-state index contributed by atoms with van der Waals surface area (Å²) in [6.45, 7) is 4.66. The Hall–Kier alpha value is -2.60. The van der Waals surface area contributed by atoms with Crippen molar-refractivity contribution in [1.82, 2.24) is 9.78 Å². The van der Waals surface area contributed by atoms with Crippen molar-refractivity contribution < 1.29 is 8.42 Å². The first-order chi connectivity index (χ1) is 12.0. The number of hydrogen-bond acceptors (Lipinski definition) is 3. The Balaban J connectivity index is 1.72. The normalized spacial score (nSPS) is 11.4. The highest BCUT2D eigenvalue weighted by atomic mass is 32.2. The summed E-state index contributed by atoms with van der Waals surface area (Å²) in [5.41, 5.74) is 3.41. The molecule has 3 rings (SSSR count). The summed E-state index contributed by atoms with van der Waals surface area (Å²) in [4.78, 5) is 0.234.